The van der Waals surface area contributed by atoms with Crippen LogP contribution in [0.15, 0.2) is 42.7 Å². The molecule has 3 N–H and O–H groups in total. The monoisotopic (exact) mass is 433 g/mol. The number of fused-ring (bicyclic) bond motifs is 5. The van der Waals surface area contributed by atoms with E-state index in [1.165, 1.54) is 16.5 Å². The van der Waals surface area contributed by atoms with Crippen molar-refractivity contribution < 1.29 is 15.3 Å². The summed E-state index contributed by atoms with van der Waals surface area (Å²) < 4.78 is 0. The first kappa shape index (κ1) is 20.8. The average molecular weight is 434 g/mol. The van der Waals surface area contributed by atoms with Crippen LogP contribution in [-0.2, 0) is 0 Å². The first-order chi connectivity index (χ1) is 15.3. The Bertz CT molecular complexity index is 1080. The lowest BCUT2D eigenvalue weighted by molar-refractivity contribution is -0.228. The number of allylic oxidation sites excluding steroid dienone is 2. The molecule has 0 saturated heterocycles. The first-order valence-electron chi connectivity index (χ1n) is 12.5. The highest BCUT2D eigenvalue weighted by Crippen LogP contribution is 2.65. The van der Waals surface area contributed by atoms with Gasteiger partial charge in [0.05, 0.1) is 17.3 Å². The second-order valence-corrected chi connectivity index (χ2v) is 11.4. The third-order valence-electron chi connectivity index (χ3n) is 9.94. The van der Waals surface area contributed by atoms with Gasteiger partial charge in [0.1, 0.15) is 0 Å². The molecule has 4 heteroatoms. The molecular weight excluding hydrogens is 398 g/mol. The van der Waals surface area contributed by atoms with Crippen LogP contribution in [0.5, 0.6) is 0 Å². The van der Waals surface area contributed by atoms with E-state index in [1.807, 2.05) is 18.5 Å². The molecule has 2 aromatic rings. The van der Waals surface area contributed by atoms with Gasteiger partial charge in [0.25, 0.3) is 0 Å². The van der Waals surface area contributed by atoms with Gasteiger partial charge in [0.15, 0.2) is 0 Å². The summed E-state index contributed by atoms with van der Waals surface area (Å²) in [4.78, 5) is 4.29. The number of aliphatic hydroxyl groups excluding tert-OH is 1. The molecule has 4 aliphatic carbocycles. The van der Waals surface area contributed by atoms with Crippen molar-refractivity contribution in [1.82, 2.24) is 4.98 Å². The van der Waals surface area contributed by atoms with Gasteiger partial charge in [-0.3, -0.25) is 4.98 Å². The molecule has 3 saturated carbocycles. The normalized spacial score (nSPS) is 43.7. The predicted octanol–water partition coefficient (Wildman–Crippen LogP) is 4.86. The van der Waals surface area contributed by atoms with Gasteiger partial charge in [-0.25, -0.2) is 0 Å². The standard InChI is InChI=1S/C28H35NO3/c1-26-11-12-27(31)16-21-15-23(30)5-4-18(21)8-10-28(27,32)25(26)7-6-24(26)20-3-2-19-9-13-29-17-22(19)14-20/h2-3,6,9,13-14,17-18,21,23,25,30-32H,4-5,7-8,10-12,15-16H2,1H3/t18?,21?,23?,25?,26?,27?,28-/m0/s1. The maximum atomic E-state index is 12.3. The van der Waals surface area contributed by atoms with E-state index >= 15 is 0 Å². The smallest absolute Gasteiger partial charge is 0.0972 e. The Morgan fingerprint density at radius 3 is 2.72 bits per heavy atom. The molecule has 3 fully saturated rings. The summed E-state index contributed by atoms with van der Waals surface area (Å²) >= 11 is 0. The summed E-state index contributed by atoms with van der Waals surface area (Å²) in [6.07, 6.45) is 13.1. The molecule has 6 unspecified atom stereocenters. The topological polar surface area (TPSA) is 73.6 Å². The number of hydrogen-bond acceptors (Lipinski definition) is 4. The molecular formula is C28H35NO3. The highest BCUT2D eigenvalue weighted by molar-refractivity contribution is 5.87. The minimum Gasteiger partial charge on any atom is -0.393 e. The van der Waals surface area contributed by atoms with Gasteiger partial charge in [0.2, 0.25) is 0 Å². The second kappa shape index (κ2) is 7.12. The fourth-order valence-electron chi connectivity index (χ4n) is 8.11. The average Bonchev–Trinajstić information content (AvgIpc) is 3.09. The number of aromatic nitrogens is 1. The zero-order valence-electron chi connectivity index (χ0n) is 19.0. The molecule has 4 aliphatic rings. The molecule has 1 aromatic heterocycles. The zero-order chi connectivity index (χ0) is 22.1. The zero-order valence-corrected chi connectivity index (χ0v) is 19.0. The van der Waals surface area contributed by atoms with Crippen LogP contribution in [0.1, 0.15) is 70.3 Å². The first-order valence-corrected chi connectivity index (χ1v) is 12.5. The van der Waals surface area contributed by atoms with Gasteiger partial charge in [-0.15, -0.1) is 0 Å². The fourth-order valence-corrected chi connectivity index (χ4v) is 8.11. The molecule has 1 heterocycles. The highest BCUT2D eigenvalue weighted by atomic mass is 16.4. The quantitative estimate of drug-likeness (QED) is 0.600. The van der Waals surface area contributed by atoms with E-state index in [0.29, 0.717) is 31.1 Å². The number of pyridine rings is 1. The van der Waals surface area contributed by atoms with Gasteiger partial charge in [-0.2, -0.15) is 0 Å². The lowest BCUT2D eigenvalue weighted by atomic mass is 9.52. The van der Waals surface area contributed by atoms with Crippen molar-refractivity contribution in [3.05, 3.63) is 48.3 Å². The third-order valence-corrected chi connectivity index (χ3v) is 9.94. The fraction of sp³-hybridized carbons (Fsp3) is 0.607. The number of nitrogens with zero attached hydrogens (tertiary/aromatic N) is 1. The Labute approximate surface area is 190 Å². The molecule has 0 bridgehead atoms. The summed E-state index contributed by atoms with van der Waals surface area (Å²) in [5.74, 6) is 0.868. The largest absolute Gasteiger partial charge is 0.393 e. The molecule has 1 aromatic carbocycles. The van der Waals surface area contributed by atoms with Crippen molar-refractivity contribution in [3.8, 4) is 0 Å². The summed E-state index contributed by atoms with van der Waals surface area (Å²) in [6, 6.07) is 8.64. The van der Waals surface area contributed by atoms with Crippen LogP contribution in [-0.4, -0.2) is 37.6 Å². The Morgan fingerprint density at radius 2 is 1.84 bits per heavy atom. The summed E-state index contributed by atoms with van der Waals surface area (Å²) in [6.45, 7) is 2.31. The van der Waals surface area contributed by atoms with Gasteiger partial charge in [-0.1, -0.05) is 25.1 Å². The lowest BCUT2D eigenvalue weighted by Gasteiger charge is -2.57. The van der Waals surface area contributed by atoms with E-state index in [4.69, 9.17) is 0 Å². The Balaban J connectivity index is 1.35. The van der Waals surface area contributed by atoms with Crippen LogP contribution < -0.4 is 0 Å². The minimum absolute atomic E-state index is 0.0263. The van der Waals surface area contributed by atoms with Crippen molar-refractivity contribution in [2.24, 2.45) is 23.2 Å². The summed E-state index contributed by atoms with van der Waals surface area (Å²) in [5, 5.41) is 36.8. The maximum absolute atomic E-state index is 12.3. The van der Waals surface area contributed by atoms with E-state index in [-0.39, 0.29) is 17.4 Å². The van der Waals surface area contributed by atoms with E-state index in [1.54, 1.807) is 0 Å². The van der Waals surface area contributed by atoms with E-state index < -0.39 is 11.2 Å². The molecule has 0 radical (unpaired) electrons. The van der Waals surface area contributed by atoms with Crippen molar-refractivity contribution in [2.75, 3.05) is 0 Å². The maximum Gasteiger partial charge on any atom is 0.0972 e. The van der Waals surface area contributed by atoms with Crippen LogP contribution in [0.3, 0.4) is 0 Å². The molecule has 6 rings (SSSR count). The van der Waals surface area contributed by atoms with Crippen LogP contribution in [0.4, 0.5) is 0 Å². The highest BCUT2D eigenvalue weighted by Gasteiger charge is 2.65. The number of benzene rings is 1. The van der Waals surface area contributed by atoms with Gasteiger partial charge in [0, 0.05) is 23.7 Å². The molecule has 170 valence electrons. The van der Waals surface area contributed by atoms with E-state index in [9.17, 15) is 15.3 Å². The Hall–Kier alpha value is -1.75. The Kier molecular flexibility index (Phi) is 4.64. The van der Waals surface area contributed by atoms with Crippen LogP contribution >= 0.6 is 0 Å². The van der Waals surface area contributed by atoms with Crippen LogP contribution in [0.25, 0.3) is 16.3 Å². The van der Waals surface area contributed by atoms with Crippen molar-refractivity contribution in [2.45, 2.75) is 82.0 Å². The molecule has 0 aliphatic heterocycles. The lowest BCUT2D eigenvalue weighted by Crippen LogP contribution is -2.64. The minimum atomic E-state index is -1.07. The number of rotatable bonds is 1. The third kappa shape index (κ3) is 2.89. The van der Waals surface area contributed by atoms with Crippen molar-refractivity contribution >= 4 is 16.3 Å². The van der Waals surface area contributed by atoms with Gasteiger partial charge >= 0.3 is 0 Å². The summed E-state index contributed by atoms with van der Waals surface area (Å²) in [7, 11) is 0. The van der Waals surface area contributed by atoms with Gasteiger partial charge in [-0.05, 0) is 104 Å². The van der Waals surface area contributed by atoms with E-state index in [0.717, 1.165) is 43.9 Å². The molecule has 4 nitrogen and oxygen atoms in total. The second-order valence-electron chi connectivity index (χ2n) is 11.4. The van der Waals surface area contributed by atoms with Gasteiger partial charge < -0.3 is 15.3 Å². The van der Waals surface area contributed by atoms with Crippen LogP contribution in [0.2, 0.25) is 0 Å². The number of aliphatic hydroxyl groups is 3. The molecule has 32 heavy (non-hydrogen) atoms. The van der Waals surface area contributed by atoms with Crippen molar-refractivity contribution in [3.63, 3.8) is 0 Å². The number of hydrogen-bond donors (Lipinski definition) is 3. The van der Waals surface area contributed by atoms with Crippen LogP contribution in [0, 0.1) is 23.2 Å². The summed E-state index contributed by atoms with van der Waals surface area (Å²) in [5.41, 5.74) is 0.269. The molecule has 7 atom stereocenters. The predicted molar refractivity (Wildman–Crippen MR) is 126 cm³/mol. The van der Waals surface area contributed by atoms with Crippen molar-refractivity contribution in [1.29, 1.82) is 0 Å². The van der Waals surface area contributed by atoms with E-state index in [2.05, 4.69) is 36.2 Å². The molecule has 0 spiro atoms. The Morgan fingerprint density at radius 1 is 0.969 bits per heavy atom. The molecule has 0 amide bonds. The SMILES string of the molecule is CC12CCC3(O)CC4CC(O)CCC4CC[C@]3(O)C1CC=C2c1ccc2ccncc2c1.